The molecule has 3 rings (SSSR count). The van der Waals surface area contributed by atoms with E-state index in [1.165, 1.54) is 11.8 Å². The fourth-order valence-corrected chi connectivity index (χ4v) is 3.75. The van der Waals surface area contributed by atoms with Gasteiger partial charge >= 0.3 is 0 Å². The second kappa shape index (κ2) is 9.19. The Bertz CT molecular complexity index is 853. The SMILES string of the molecule is C=C(CC)SC(=NC)NC(=O)c1nn(CC2CCOCC2)c2ccccc12. The lowest BCUT2D eigenvalue weighted by Gasteiger charge is -2.22. The van der Waals surface area contributed by atoms with E-state index in [1.807, 2.05) is 35.9 Å². The van der Waals surface area contributed by atoms with E-state index in [0.29, 0.717) is 16.8 Å². The van der Waals surface area contributed by atoms with Gasteiger partial charge in [0.2, 0.25) is 0 Å². The van der Waals surface area contributed by atoms with Gasteiger partial charge in [-0.05, 0) is 36.2 Å². The maximum atomic E-state index is 12.9. The zero-order valence-corrected chi connectivity index (χ0v) is 16.7. The average molecular weight is 387 g/mol. The first-order chi connectivity index (χ1) is 13.1. The summed E-state index contributed by atoms with van der Waals surface area (Å²) in [6, 6.07) is 7.87. The fraction of sp³-hybridized carbons (Fsp3) is 0.450. The van der Waals surface area contributed by atoms with Crippen LogP contribution < -0.4 is 5.32 Å². The van der Waals surface area contributed by atoms with Crippen molar-refractivity contribution >= 4 is 33.7 Å². The van der Waals surface area contributed by atoms with Crippen LogP contribution in [0.5, 0.6) is 0 Å². The molecular formula is C20H26N4O2S. The summed E-state index contributed by atoms with van der Waals surface area (Å²) in [4.78, 5) is 18.0. The van der Waals surface area contributed by atoms with Gasteiger partial charge in [-0.1, -0.05) is 43.5 Å². The van der Waals surface area contributed by atoms with Gasteiger partial charge in [0.25, 0.3) is 5.91 Å². The van der Waals surface area contributed by atoms with Crippen molar-refractivity contribution in [3.05, 3.63) is 41.4 Å². The summed E-state index contributed by atoms with van der Waals surface area (Å²) in [5, 5.41) is 8.92. The highest BCUT2D eigenvalue weighted by Gasteiger charge is 2.21. The molecule has 6 nitrogen and oxygen atoms in total. The number of benzene rings is 1. The molecule has 0 saturated carbocycles. The number of carbonyl (C=O) groups is 1. The van der Waals surface area contributed by atoms with Crippen molar-refractivity contribution in [1.82, 2.24) is 15.1 Å². The lowest BCUT2D eigenvalue weighted by Crippen LogP contribution is -2.29. The van der Waals surface area contributed by atoms with Crippen LogP contribution in [0.15, 0.2) is 40.7 Å². The molecule has 2 aromatic rings. The number of aromatic nitrogens is 2. The molecule has 7 heteroatoms. The van der Waals surface area contributed by atoms with Crippen LogP contribution in [0, 0.1) is 5.92 Å². The molecule has 1 fully saturated rings. The Kier molecular flexibility index (Phi) is 6.68. The van der Waals surface area contributed by atoms with E-state index in [4.69, 9.17) is 4.74 Å². The molecule has 0 unspecified atom stereocenters. The number of nitrogens with zero attached hydrogens (tertiary/aromatic N) is 3. The lowest BCUT2D eigenvalue weighted by atomic mass is 10.0. The first-order valence-electron chi connectivity index (χ1n) is 9.29. The molecule has 0 spiro atoms. The van der Waals surface area contributed by atoms with Crippen molar-refractivity contribution in [1.29, 1.82) is 0 Å². The second-order valence-corrected chi connectivity index (χ2v) is 7.75. The predicted molar refractivity (Wildman–Crippen MR) is 111 cm³/mol. The molecule has 0 atom stereocenters. The van der Waals surface area contributed by atoms with Gasteiger partial charge in [0, 0.05) is 32.2 Å². The van der Waals surface area contributed by atoms with Crippen molar-refractivity contribution < 1.29 is 9.53 Å². The zero-order valence-electron chi connectivity index (χ0n) is 15.9. The van der Waals surface area contributed by atoms with Crippen molar-refractivity contribution in [2.75, 3.05) is 20.3 Å². The number of aliphatic imine (C=N–C) groups is 1. The number of ether oxygens (including phenoxy) is 1. The number of thioether (sulfide) groups is 1. The summed E-state index contributed by atoms with van der Waals surface area (Å²) in [6.45, 7) is 8.38. The molecular weight excluding hydrogens is 360 g/mol. The van der Waals surface area contributed by atoms with Crippen LogP contribution >= 0.6 is 11.8 Å². The van der Waals surface area contributed by atoms with Gasteiger partial charge in [0.1, 0.15) is 0 Å². The van der Waals surface area contributed by atoms with Gasteiger partial charge in [0.05, 0.1) is 5.52 Å². The first-order valence-corrected chi connectivity index (χ1v) is 10.1. The number of fused-ring (bicyclic) bond motifs is 1. The third-order valence-corrected chi connectivity index (χ3v) is 5.76. The van der Waals surface area contributed by atoms with E-state index in [2.05, 4.69) is 22.0 Å². The van der Waals surface area contributed by atoms with Crippen LogP contribution in [0.25, 0.3) is 10.9 Å². The summed E-state index contributed by atoms with van der Waals surface area (Å²) >= 11 is 1.38. The van der Waals surface area contributed by atoms with Crippen LogP contribution in [0.2, 0.25) is 0 Å². The normalized spacial score (nSPS) is 15.9. The van der Waals surface area contributed by atoms with Crippen LogP contribution in [-0.4, -0.2) is 41.1 Å². The average Bonchev–Trinajstić information content (AvgIpc) is 3.06. The van der Waals surface area contributed by atoms with Crippen molar-refractivity contribution in [3.63, 3.8) is 0 Å². The van der Waals surface area contributed by atoms with Crippen LogP contribution in [0.3, 0.4) is 0 Å². The molecule has 1 saturated heterocycles. The Hall–Kier alpha value is -2.12. The van der Waals surface area contributed by atoms with E-state index in [1.54, 1.807) is 7.05 Å². The molecule has 2 heterocycles. The quantitative estimate of drug-likeness (QED) is 0.626. The number of allylic oxidation sites excluding steroid dienone is 1. The van der Waals surface area contributed by atoms with Gasteiger partial charge in [-0.3, -0.25) is 19.8 Å². The van der Waals surface area contributed by atoms with E-state index in [0.717, 1.165) is 54.8 Å². The number of hydrogen-bond acceptors (Lipinski definition) is 5. The molecule has 1 aromatic carbocycles. The maximum absolute atomic E-state index is 12.9. The highest BCUT2D eigenvalue weighted by Crippen LogP contribution is 2.23. The molecule has 1 N–H and O–H groups in total. The summed E-state index contributed by atoms with van der Waals surface area (Å²) in [5.41, 5.74) is 1.41. The first kappa shape index (κ1) is 19.6. The van der Waals surface area contributed by atoms with Gasteiger partial charge in [0.15, 0.2) is 10.9 Å². The number of rotatable bonds is 5. The molecule has 144 valence electrons. The highest BCUT2D eigenvalue weighted by atomic mass is 32.2. The Morgan fingerprint density at radius 2 is 2.15 bits per heavy atom. The van der Waals surface area contributed by atoms with E-state index in [-0.39, 0.29) is 5.91 Å². The third kappa shape index (κ3) is 4.78. The van der Waals surface area contributed by atoms with Gasteiger partial charge in [-0.25, -0.2) is 0 Å². The number of para-hydroxylation sites is 1. The fourth-order valence-electron chi connectivity index (χ4n) is 3.10. The molecule has 1 amide bonds. The minimum absolute atomic E-state index is 0.242. The summed E-state index contributed by atoms with van der Waals surface area (Å²) in [5.74, 6) is 0.281. The minimum atomic E-state index is -0.242. The van der Waals surface area contributed by atoms with E-state index >= 15 is 0 Å². The summed E-state index contributed by atoms with van der Waals surface area (Å²) in [7, 11) is 1.66. The largest absolute Gasteiger partial charge is 0.381 e. The molecule has 27 heavy (non-hydrogen) atoms. The van der Waals surface area contributed by atoms with Crippen LogP contribution in [-0.2, 0) is 11.3 Å². The molecule has 0 bridgehead atoms. The number of carbonyl (C=O) groups excluding carboxylic acids is 1. The summed E-state index contributed by atoms with van der Waals surface area (Å²) < 4.78 is 7.41. The number of hydrogen-bond donors (Lipinski definition) is 1. The maximum Gasteiger partial charge on any atom is 0.278 e. The smallest absolute Gasteiger partial charge is 0.278 e. The standard InChI is InChI=1S/C20H26N4O2S/c1-4-14(2)27-20(21-3)22-19(25)18-16-7-5-6-8-17(16)24(23-18)13-15-9-11-26-12-10-15/h5-8,15H,2,4,9-13H2,1,3H3,(H,21,22,25). The molecule has 0 aliphatic carbocycles. The molecule has 0 radical (unpaired) electrons. The lowest BCUT2D eigenvalue weighted by molar-refractivity contribution is 0.0604. The molecule has 1 aliphatic rings. The topological polar surface area (TPSA) is 68.5 Å². The number of nitrogens with one attached hydrogen (secondary N) is 1. The van der Waals surface area contributed by atoms with Crippen molar-refractivity contribution in [2.45, 2.75) is 32.7 Å². The highest BCUT2D eigenvalue weighted by molar-refractivity contribution is 8.17. The Morgan fingerprint density at radius 3 is 2.85 bits per heavy atom. The molecule has 1 aromatic heterocycles. The second-order valence-electron chi connectivity index (χ2n) is 6.58. The van der Waals surface area contributed by atoms with Gasteiger partial charge in [-0.2, -0.15) is 5.10 Å². The van der Waals surface area contributed by atoms with Crippen molar-refractivity contribution in [2.24, 2.45) is 10.9 Å². The number of amidine groups is 1. The van der Waals surface area contributed by atoms with E-state index in [9.17, 15) is 4.79 Å². The molecule has 1 aliphatic heterocycles. The summed E-state index contributed by atoms with van der Waals surface area (Å²) in [6.07, 6.45) is 2.87. The van der Waals surface area contributed by atoms with Gasteiger partial charge < -0.3 is 4.74 Å². The Balaban J connectivity index is 1.83. The predicted octanol–water partition coefficient (Wildman–Crippen LogP) is 3.84. The third-order valence-electron chi connectivity index (χ3n) is 4.70. The minimum Gasteiger partial charge on any atom is -0.381 e. The monoisotopic (exact) mass is 386 g/mol. The Labute approximate surface area is 164 Å². The van der Waals surface area contributed by atoms with Crippen LogP contribution in [0.4, 0.5) is 0 Å². The Morgan fingerprint density at radius 1 is 1.41 bits per heavy atom. The van der Waals surface area contributed by atoms with Crippen molar-refractivity contribution in [3.8, 4) is 0 Å². The zero-order chi connectivity index (χ0) is 19.2. The van der Waals surface area contributed by atoms with Gasteiger partial charge in [-0.15, -0.1) is 0 Å². The van der Waals surface area contributed by atoms with E-state index < -0.39 is 0 Å². The van der Waals surface area contributed by atoms with Crippen LogP contribution in [0.1, 0.15) is 36.7 Å². The number of amides is 1.